The fraction of sp³-hybridized carbons (Fsp3) is 0.545. The number of amides is 2. The first-order chi connectivity index (χ1) is 15.8. The Labute approximate surface area is 187 Å². The van der Waals surface area contributed by atoms with Crippen molar-refractivity contribution in [2.75, 3.05) is 13.2 Å². The lowest BCUT2D eigenvalue weighted by molar-refractivity contribution is -0.130. The zero-order valence-electron chi connectivity index (χ0n) is 17.9. The second kappa shape index (κ2) is 6.89. The van der Waals surface area contributed by atoms with Gasteiger partial charge in [-0.15, -0.1) is 0 Å². The number of nitrogens with zero attached hydrogens (tertiary/aromatic N) is 4. The maximum absolute atomic E-state index is 14.8. The lowest BCUT2D eigenvalue weighted by atomic mass is 10.1. The van der Waals surface area contributed by atoms with E-state index in [0.717, 1.165) is 23.8 Å². The van der Waals surface area contributed by atoms with Crippen molar-refractivity contribution in [1.82, 2.24) is 19.1 Å². The number of carbonyl (C=O) groups excluding carboxylic acids is 2. The summed E-state index contributed by atoms with van der Waals surface area (Å²) >= 11 is 0. The number of hydrogen-bond donors (Lipinski definition) is 2. The van der Waals surface area contributed by atoms with Gasteiger partial charge in [-0.05, 0) is 38.2 Å². The summed E-state index contributed by atoms with van der Waals surface area (Å²) in [7, 11) is 0. The van der Waals surface area contributed by atoms with Crippen LogP contribution in [0.15, 0.2) is 10.9 Å². The van der Waals surface area contributed by atoms with Gasteiger partial charge in [0.1, 0.15) is 11.3 Å². The summed E-state index contributed by atoms with van der Waals surface area (Å²) in [5.41, 5.74) is 3.52. The van der Waals surface area contributed by atoms with Crippen LogP contribution in [0, 0.1) is 0 Å². The summed E-state index contributed by atoms with van der Waals surface area (Å²) in [5.74, 6) is -1.88. The Morgan fingerprint density at radius 1 is 1.33 bits per heavy atom. The first-order valence-electron chi connectivity index (χ1n) is 11.2. The molecule has 2 amide bonds. The quantitative estimate of drug-likeness (QED) is 0.614. The molecule has 0 spiro atoms. The number of likely N-dealkylation sites (tertiary alicyclic amines) is 1. The summed E-state index contributed by atoms with van der Waals surface area (Å²) in [6, 6.07) is 0.0561. The molecule has 4 aliphatic rings. The predicted molar refractivity (Wildman–Crippen MR) is 114 cm³/mol. The van der Waals surface area contributed by atoms with Crippen LogP contribution in [0.4, 0.5) is 4.39 Å². The fourth-order valence-corrected chi connectivity index (χ4v) is 4.96. The number of carbonyl (C=O) groups is 2. The highest BCUT2D eigenvalue weighted by Gasteiger charge is 2.45. The van der Waals surface area contributed by atoms with Crippen LogP contribution in [-0.2, 0) is 16.1 Å². The van der Waals surface area contributed by atoms with E-state index in [4.69, 9.17) is 10.5 Å². The maximum atomic E-state index is 14.8. The number of fused-ring (bicyclic) bond motifs is 3. The van der Waals surface area contributed by atoms with Crippen molar-refractivity contribution in [1.29, 1.82) is 0 Å². The highest BCUT2D eigenvalue weighted by atomic mass is 19.1. The molecule has 174 valence electrons. The molecule has 11 heteroatoms. The topological polar surface area (TPSA) is 132 Å². The summed E-state index contributed by atoms with van der Waals surface area (Å²) < 4.78 is 22.6. The maximum Gasteiger partial charge on any atom is 0.291 e. The summed E-state index contributed by atoms with van der Waals surface area (Å²) in [5, 5.41) is 15.2. The van der Waals surface area contributed by atoms with Gasteiger partial charge >= 0.3 is 0 Å². The largest absolute Gasteiger partial charge is 0.494 e. The third-order valence-electron chi connectivity index (χ3n) is 7.09. The first kappa shape index (κ1) is 20.4. The molecule has 4 heterocycles. The molecule has 2 bridgehead atoms. The van der Waals surface area contributed by atoms with Crippen molar-refractivity contribution < 1.29 is 23.8 Å². The Bertz CT molecular complexity index is 1290. The number of alkyl halides is 1. The molecule has 3 N–H and O–H groups in total. The number of rotatable bonds is 6. The standard InChI is InChI=1S/C22H24FN5O5/c23-22(5-6-22)10-27-19-14(3-4-15(29)26-8-13-7-12(26)9-33-13)17(11-1-2-11)25-28(19)21(32)16(18(24)30)20(27)31/h3-4,11-13,31H,1-2,5-10H2,(H2,24,30)/b4-3+/t12-,13-/m0/s1. The molecule has 10 nitrogen and oxygen atoms in total. The number of hydrogen-bond acceptors (Lipinski definition) is 6. The minimum absolute atomic E-state index is 0.0561. The lowest BCUT2D eigenvalue weighted by Crippen LogP contribution is -2.40. The highest BCUT2D eigenvalue weighted by Crippen LogP contribution is 2.45. The molecule has 0 unspecified atom stereocenters. The third-order valence-corrected chi connectivity index (χ3v) is 7.09. The Balaban J connectivity index is 1.50. The van der Waals surface area contributed by atoms with Gasteiger partial charge in [-0.1, -0.05) is 0 Å². The fourth-order valence-electron chi connectivity index (χ4n) is 4.96. The Morgan fingerprint density at radius 2 is 2.09 bits per heavy atom. The van der Waals surface area contributed by atoms with E-state index in [9.17, 15) is 23.9 Å². The molecule has 2 aromatic rings. The van der Waals surface area contributed by atoms with E-state index >= 15 is 0 Å². The smallest absolute Gasteiger partial charge is 0.291 e. The predicted octanol–water partition coefficient (Wildman–Crippen LogP) is 0.693. The van der Waals surface area contributed by atoms with E-state index in [-0.39, 0.29) is 36.2 Å². The molecule has 2 atom stereocenters. The van der Waals surface area contributed by atoms with Gasteiger partial charge < -0.3 is 20.5 Å². The van der Waals surface area contributed by atoms with Gasteiger partial charge in [0, 0.05) is 24.1 Å². The van der Waals surface area contributed by atoms with Crippen LogP contribution in [0.5, 0.6) is 5.88 Å². The zero-order valence-corrected chi connectivity index (χ0v) is 17.9. The molecule has 4 fully saturated rings. The van der Waals surface area contributed by atoms with Crippen molar-refractivity contribution in [3.8, 4) is 5.88 Å². The van der Waals surface area contributed by atoms with Gasteiger partial charge in [-0.2, -0.15) is 9.61 Å². The van der Waals surface area contributed by atoms with Gasteiger partial charge in [0.05, 0.1) is 31.0 Å². The normalized spacial score (nSPS) is 25.4. The van der Waals surface area contributed by atoms with Crippen LogP contribution in [0.1, 0.15) is 59.6 Å². The second-order valence-corrected chi connectivity index (χ2v) is 9.58. The Morgan fingerprint density at radius 3 is 2.67 bits per heavy atom. The van der Waals surface area contributed by atoms with Crippen molar-refractivity contribution in [2.45, 2.75) is 62.4 Å². The number of primary amides is 1. The second-order valence-electron chi connectivity index (χ2n) is 9.58. The molecule has 2 aromatic heterocycles. The summed E-state index contributed by atoms with van der Waals surface area (Å²) in [6.45, 7) is 0.812. The summed E-state index contributed by atoms with van der Waals surface area (Å²) in [4.78, 5) is 39.6. The minimum atomic E-state index is -1.54. The number of aromatic nitrogens is 3. The third kappa shape index (κ3) is 3.25. The minimum Gasteiger partial charge on any atom is -0.494 e. The number of ether oxygens (including phenoxy) is 1. The highest BCUT2D eigenvalue weighted by molar-refractivity contribution is 5.96. The van der Waals surface area contributed by atoms with Crippen molar-refractivity contribution in [2.24, 2.45) is 5.73 Å². The number of aromatic hydroxyl groups is 1. The van der Waals surface area contributed by atoms with E-state index < -0.39 is 28.6 Å². The van der Waals surface area contributed by atoms with Crippen LogP contribution < -0.4 is 11.3 Å². The molecule has 33 heavy (non-hydrogen) atoms. The monoisotopic (exact) mass is 457 g/mol. The van der Waals surface area contributed by atoms with E-state index in [2.05, 4.69) is 5.10 Å². The number of nitrogens with two attached hydrogens (primary N) is 1. The van der Waals surface area contributed by atoms with Crippen molar-refractivity contribution in [3.05, 3.63) is 33.3 Å². The average Bonchev–Trinajstić information content (AvgIpc) is 3.61. The van der Waals surface area contributed by atoms with Crippen LogP contribution in [0.25, 0.3) is 11.7 Å². The van der Waals surface area contributed by atoms with E-state index in [0.29, 0.717) is 37.3 Å². The van der Waals surface area contributed by atoms with Crippen LogP contribution >= 0.6 is 0 Å². The Kier molecular flexibility index (Phi) is 4.26. The number of halogens is 1. The van der Waals surface area contributed by atoms with E-state index in [1.54, 1.807) is 11.0 Å². The molecular weight excluding hydrogens is 433 g/mol. The van der Waals surface area contributed by atoms with Crippen molar-refractivity contribution >= 4 is 23.5 Å². The van der Waals surface area contributed by atoms with Crippen LogP contribution in [0.2, 0.25) is 0 Å². The molecule has 2 saturated heterocycles. The summed E-state index contributed by atoms with van der Waals surface area (Å²) in [6.07, 6.45) is 6.25. The molecule has 2 saturated carbocycles. The SMILES string of the molecule is NC(=O)c1c(O)n(CC2(F)CC2)c2c(/C=C/C(=O)N3C[C@@H]4C[C@H]3CO4)c(C3CC3)nn2c1=O. The molecule has 0 aromatic carbocycles. The molecule has 6 rings (SSSR count). The average molecular weight is 457 g/mol. The molecule has 2 aliphatic carbocycles. The molecule has 0 radical (unpaired) electrons. The first-order valence-corrected chi connectivity index (χ1v) is 11.2. The van der Waals surface area contributed by atoms with Crippen LogP contribution in [-0.4, -0.2) is 67.0 Å². The lowest BCUT2D eigenvalue weighted by Gasteiger charge is -2.25. The Hall–Kier alpha value is -3.21. The van der Waals surface area contributed by atoms with Gasteiger partial charge in [0.2, 0.25) is 11.8 Å². The van der Waals surface area contributed by atoms with Gasteiger partial charge in [-0.25, -0.2) is 4.39 Å². The molecular formula is C22H24FN5O5. The zero-order chi connectivity index (χ0) is 23.1. The van der Waals surface area contributed by atoms with Gasteiger partial charge in [0.15, 0.2) is 5.56 Å². The van der Waals surface area contributed by atoms with E-state index in [1.165, 1.54) is 10.6 Å². The van der Waals surface area contributed by atoms with Crippen LogP contribution in [0.3, 0.4) is 0 Å². The van der Waals surface area contributed by atoms with E-state index in [1.807, 2.05) is 0 Å². The van der Waals surface area contributed by atoms with Gasteiger partial charge in [-0.3, -0.25) is 19.0 Å². The van der Waals surface area contributed by atoms with Crippen molar-refractivity contribution in [3.63, 3.8) is 0 Å². The van der Waals surface area contributed by atoms with Gasteiger partial charge in [0.25, 0.3) is 11.5 Å². The number of morpholine rings is 1. The molecule has 2 aliphatic heterocycles.